The first-order valence-corrected chi connectivity index (χ1v) is 6.28. The van der Waals surface area contributed by atoms with E-state index in [0.717, 1.165) is 22.9 Å². The largest absolute Gasteiger partial charge is 0.389 e. The number of thiocarbonyl (C=S) groups is 1. The van der Waals surface area contributed by atoms with Gasteiger partial charge in [0.05, 0.1) is 11.6 Å². The summed E-state index contributed by atoms with van der Waals surface area (Å²) in [6.07, 6.45) is 3.54. The van der Waals surface area contributed by atoms with Gasteiger partial charge in [-0.25, -0.2) is 9.97 Å². The van der Waals surface area contributed by atoms with Crippen LogP contribution < -0.4 is 11.1 Å². The monoisotopic (exact) mass is 264 g/mol. The molecule has 2 aromatic heterocycles. The van der Waals surface area contributed by atoms with E-state index >= 15 is 0 Å². The standard InChI is InChI=1S/C11H12N4S2/c1-7-13-5-9(17-7)6-15-10-3-2-8(4-14-10)11(12)16/h2-5H,6H2,1H3,(H2,12,16)(H,14,15). The minimum Gasteiger partial charge on any atom is -0.389 e. The molecule has 17 heavy (non-hydrogen) atoms. The van der Waals surface area contributed by atoms with Crippen LogP contribution in [-0.4, -0.2) is 15.0 Å². The van der Waals surface area contributed by atoms with Crippen molar-refractivity contribution in [1.82, 2.24) is 9.97 Å². The van der Waals surface area contributed by atoms with Gasteiger partial charge in [0.25, 0.3) is 0 Å². The second-order valence-corrected chi connectivity index (χ2v) is 5.25. The van der Waals surface area contributed by atoms with Crippen LogP contribution in [0.3, 0.4) is 0 Å². The first-order valence-electron chi connectivity index (χ1n) is 5.06. The molecule has 0 saturated carbocycles. The van der Waals surface area contributed by atoms with Gasteiger partial charge in [-0.1, -0.05) is 12.2 Å². The molecule has 6 heteroatoms. The first-order chi connectivity index (χ1) is 8.15. The molecule has 2 heterocycles. The molecule has 2 aromatic rings. The van der Waals surface area contributed by atoms with Crippen LogP contribution in [-0.2, 0) is 6.54 Å². The summed E-state index contributed by atoms with van der Waals surface area (Å²) in [7, 11) is 0. The Balaban J connectivity index is 1.97. The fourth-order valence-corrected chi connectivity index (χ4v) is 2.16. The number of aryl methyl sites for hydroxylation is 1. The summed E-state index contributed by atoms with van der Waals surface area (Å²) in [5, 5.41) is 4.28. The van der Waals surface area contributed by atoms with Crippen molar-refractivity contribution in [2.45, 2.75) is 13.5 Å². The van der Waals surface area contributed by atoms with Crippen molar-refractivity contribution in [2.24, 2.45) is 5.73 Å². The van der Waals surface area contributed by atoms with Gasteiger partial charge in [0, 0.05) is 22.8 Å². The van der Waals surface area contributed by atoms with E-state index in [4.69, 9.17) is 18.0 Å². The highest BCUT2D eigenvalue weighted by atomic mass is 32.1. The molecule has 0 aromatic carbocycles. The number of aromatic nitrogens is 2. The summed E-state index contributed by atoms with van der Waals surface area (Å²) in [5.74, 6) is 0.802. The van der Waals surface area contributed by atoms with E-state index in [1.54, 1.807) is 17.5 Å². The third kappa shape index (κ3) is 3.21. The van der Waals surface area contributed by atoms with E-state index in [9.17, 15) is 0 Å². The highest BCUT2D eigenvalue weighted by molar-refractivity contribution is 7.80. The van der Waals surface area contributed by atoms with Crippen molar-refractivity contribution in [3.8, 4) is 0 Å². The quantitative estimate of drug-likeness (QED) is 0.828. The maximum absolute atomic E-state index is 5.50. The fraction of sp³-hybridized carbons (Fsp3) is 0.182. The van der Waals surface area contributed by atoms with E-state index in [1.165, 1.54) is 4.88 Å². The van der Waals surface area contributed by atoms with Crippen molar-refractivity contribution < 1.29 is 0 Å². The van der Waals surface area contributed by atoms with Crippen LogP contribution in [0.1, 0.15) is 15.4 Å². The van der Waals surface area contributed by atoms with Crippen LogP contribution in [0.4, 0.5) is 5.82 Å². The molecular weight excluding hydrogens is 252 g/mol. The SMILES string of the molecule is Cc1ncc(CNc2ccc(C(N)=S)cn2)s1. The van der Waals surface area contributed by atoms with Crippen molar-refractivity contribution >= 4 is 34.4 Å². The van der Waals surface area contributed by atoms with Gasteiger partial charge >= 0.3 is 0 Å². The maximum Gasteiger partial charge on any atom is 0.126 e. The zero-order chi connectivity index (χ0) is 12.3. The minimum absolute atomic E-state index is 0.363. The highest BCUT2D eigenvalue weighted by Crippen LogP contribution is 2.13. The van der Waals surface area contributed by atoms with Crippen LogP contribution >= 0.6 is 23.6 Å². The zero-order valence-electron chi connectivity index (χ0n) is 9.30. The number of hydrogen-bond donors (Lipinski definition) is 2. The number of nitrogens with one attached hydrogen (secondary N) is 1. The number of anilines is 1. The van der Waals surface area contributed by atoms with Crippen LogP contribution in [0.2, 0.25) is 0 Å². The lowest BCUT2D eigenvalue weighted by Gasteiger charge is -2.04. The molecule has 0 bridgehead atoms. The Morgan fingerprint density at radius 1 is 1.41 bits per heavy atom. The van der Waals surface area contributed by atoms with E-state index in [2.05, 4.69) is 15.3 Å². The van der Waals surface area contributed by atoms with Crippen LogP contribution in [0.5, 0.6) is 0 Å². The Hall–Kier alpha value is -1.53. The predicted molar refractivity (Wildman–Crippen MR) is 74.3 cm³/mol. The van der Waals surface area contributed by atoms with Gasteiger partial charge in [-0.3, -0.25) is 0 Å². The lowest BCUT2D eigenvalue weighted by molar-refractivity contribution is 1.13. The molecule has 4 nitrogen and oxygen atoms in total. The molecule has 3 N–H and O–H groups in total. The summed E-state index contributed by atoms with van der Waals surface area (Å²) in [4.78, 5) is 9.96. The Morgan fingerprint density at radius 2 is 2.24 bits per heavy atom. The maximum atomic E-state index is 5.50. The molecule has 88 valence electrons. The predicted octanol–water partition coefficient (Wildman–Crippen LogP) is 2.09. The number of nitrogens with zero attached hydrogens (tertiary/aromatic N) is 2. The molecule has 0 aliphatic heterocycles. The molecule has 0 atom stereocenters. The Morgan fingerprint density at radius 3 is 2.76 bits per heavy atom. The van der Waals surface area contributed by atoms with E-state index in [1.807, 2.05) is 25.3 Å². The highest BCUT2D eigenvalue weighted by Gasteiger charge is 2.00. The third-order valence-corrected chi connectivity index (χ3v) is 3.31. The number of rotatable bonds is 4. The van der Waals surface area contributed by atoms with Gasteiger partial charge in [0.15, 0.2) is 0 Å². The number of thiazole rings is 1. The van der Waals surface area contributed by atoms with Gasteiger partial charge in [-0.2, -0.15) is 0 Å². The Labute approximate surface area is 109 Å². The normalized spacial score (nSPS) is 10.2. The summed E-state index contributed by atoms with van der Waals surface area (Å²) in [6.45, 7) is 2.72. The van der Waals surface area contributed by atoms with Gasteiger partial charge in [-0.05, 0) is 19.1 Å². The Bertz CT molecular complexity index is 519. The minimum atomic E-state index is 0.363. The summed E-state index contributed by atoms with van der Waals surface area (Å²) in [5.41, 5.74) is 6.27. The zero-order valence-corrected chi connectivity index (χ0v) is 10.9. The van der Waals surface area contributed by atoms with Gasteiger partial charge < -0.3 is 11.1 Å². The van der Waals surface area contributed by atoms with Gasteiger partial charge in [0.2, 0.25) is 0 Å². The van der Waals surface area contributed by atoms with Crippen molar-refractivity contribution in [3.63, 3.8) is 0 Å². The molecule has 0 radical (unpaired) electrons. The topological polar surface area (TPSA) is 63.8 Å². The lowest BCUT2D eigenvalue weighted by atomic mass is 10.3. The molecule has 2 rings (SSSR count). The van der Waals surface area contributed by atoms with E-state index in [0.29, 0.717) is 4.99 Å². The smallest absolute Gasteiger partial charge is 0.126 e. The third-order valence-electron chi connectivity index (χ3n) is 2.16. The second-order valence-electron chi connectivity index (χ2n) is 3.50. The van der Waals surface area contributed by atoms with Crippen molar-refractivity contribution in [2.75, 3.05) is 5.32 Å². The Kier molecular flexibility index (Phi) is 3.65. The summed E-state index contributed by atoms with van der Waals surface area (Å²) < 4.78 is 0. The van der Waals surface area contributed by atoms with E-state index in [-0.39, 0.29) is 0 Å². The average Bonchev–Trinajstić information content (AvgIpc) is 2.73. The molecule has 0 unspecified atom stereocenters. The molecule has 0 saturated heterocycles. The van der Waals surface area contributed by atoms with Crippen LogP contribution in [0, 0.1) is 6.92 Å². The number of nitrogens with two attached hydrogens (primary N) is 1. The fourth-order valence-electron chi connectivity index (χ4n) is 1.31. The van der Waals surface area contributed by atoms with Gasteiger partial charge in [0.1, 0.15) is 10.8 Å². The number of pyridine rings is 1. The summed E-state index contributed by atoms with van der Waals surface area (Å²) in [6, 6.07) is 3.72. The van der Waals surface area contributed by atoms with Crippen molar-refractivity contribution in [1.29, 1.82) is 0 Å². The second kappa shape index (κ2) is 5.20. The number of hydrogen-bond acceptors (Lipinski definition) is 5. The first kappa shape index (κ1) is 11.9. The molecule has 0 aliphatic carbocycles. The van der Waals surface area contributed by atoms with Crippen molar-refractivity contribution in [3.05, 3.63) is 40.0 Å². The van der Waals surface area contributed by atoms with Crippen LogP contribution in [0.15, 0.2) is 24.5 Å². The average molecular weight is 264 g/mol. The summed E-state index contributed by atoms with van der Waals surface area (Å²) >= 11 is 6.53. The van der Waals surface area contributed by atoms with Crippen LogP contribution in [0.25, 0.3) is 0 Å². The molecule has 0 aliphatic rings. The van der Waals surface area contributed by atoms with E-state index < -0.39 is 0 Å². The molecular formula is C11H12N4S2. The molecule has 0 amide bonds. The lowest BCUT2D eigenvalue weighted by Crippen LogP contribution is -2.10. The molecule has 0 fully saturated rings. The van der Waals surface area contributed by atoms with Gasteiger partial charge in [-0.15, -0.1) is 11.3 Å². The molecule has 0 spiro atoms.